The fourth-order valence-corrected chi connectivity index (χ4v) is 1.62. The van der Waals surface area contributed by atoms with Gasteiger partial charge in [-0.3, -0.25) is 15.6 Å². The van der Waals surface area contributed by atoms with E-state index in [0.717, 1.165) is 6.26 Å². The summed E-state index contributed by atoms with van der Waals surface area (Å²) in [7, 11) is -3.24. The average molecular weight is 273 g/mol. The van der Waals surface area contributed by atoms with E-state index in [1.54, 1.807) is 6.07 Å². The molecule has 0 atom stereocenters. The largest absolute Gasteiger partial charge is 0.349 e. The topological polar surface area (TPSA) is 126 Å². The highest BCUT2D eigenvalue weighted by Gasteiger charge is 2.07. The molecule has 5 N–H and O–H groups in total. The van der Waals surface area contributed by atoms with Gasteiger partial charge in [-0.2, -0.15) is 0 Å². The summed E-state index contributed by atoms with van der Waals surface area (Å²) in [6, 6.07) is 3.10. The van der Waals surface area contributed by atoms with Crippen molar-refractivity contribution in [1.29, 1.82) is 0 Å². The maximum Gasteiger partial charge on any atom is 0.269 e. The number of nitrogens with one attached hydrogen (secondary N) is 3. The first-order valence-electron chi connectivity index (χ1n) is 5.08. The third-order valence-electron chi connectivity index (χ3n) is 1.93. The second kappa shape index (κ2) is 6.28. The molecule has 100 valence electrons. The van der Waals surface area contributed by atoms with Crippen LogP contribution in [0, 0.1) is 0 Å². The molecule has 9 heteroatoms. The molecule has 18 heavy (non-hydrogen) atoms. The number of carbonyl (C=O) groups excluding carboxylic acids is 1. The van der Waals surface area contributed by atoms with Crippen LogP contribution in [0.4, 0.5) is 5.69 Å². The lowest BCUT2D eigenvalue weighted by Gasteiger charge is -2.06. The first-order valence-corrected chi connectivity index (χ1v) is 6.97. The Bertz CT molecular complexity index is 517. The molecular weight excluding hydrogens is 258 g/mol. The Balaban J connectivity index is 2.45. The maximum absolute atomic E-state index is 11.6. The van der Waals surface area contributed by atoms with Gasteiger partial charge >= 0.3 is 0 Å². The Labute approximate surface area is 105 Å². The summed E-state index contributed by atoms with van der Waals surface area (Å²) in [6.07, 6.45) is 2.49. The second-order valence-electron chi connectivity index (χ2n) is 3.50. The van der Waals surface area contributed by atoms with Gasteiger partial charge in [-0.25, -0.2) is 13.1 Å². The van der Waals surface area contributed by atoms with Crippen molar-refractivity contribution in [3.8, 4) is 0 Å². The number of hydrogen-bond acceptors (Lipinski definition) is 6. The van der Waals surface area contributed by atoms with Crippen LogP contribution in [-0.4, -0.2) is 38.7 Å². The third-order valence-corrected chi connectivity index (χ3v) is 2.66. The Hall–Kier alpha value is -1.71. The number of hydrazine groups is 1. The van der Waals surface area contributed by atoms with Gasteiger partial charge in [-0.1, -0.05) is 0 Å². The minimum Gasteiger partial charge on any atom is -0.349 e. The summed E-state index contributed by atoms with van der Waals surface area (Å²) in [6.45, 7) is 0.299. The molecule has 0 aromatic carbocycles. The SMILES string of the molecule is CS(=O)(=O)NCCNC(=O)c1cc(NN)ccn1. The van der Waals surface area contributed by atoms with Crippen LogP contribution in [0.15, 0.2) is 18.3 Å². The van der Waals surface area contributed by atoms with E-state index >= 15 is 0 Å². The van der Waals surface area contributed by atoms with E-state index in [0.29, 0.717) is 5.69 Å². The number of nitrogen functional groups attached to an aromatic ring is 1. The number of nitrogens with two attached hydrogens (primary N) is 1. The number of hydrogen-bond donors (Lipinski definition) is 4. The molecule has 1 aromatic rings. The van der Waals surface area contributed by atoms with Gasteiger partial charge in [0.25, 0.3) is 5.91 Å². The Morgan fingerprint density at radius 1 is 1.44 bits per heavy atom. The number of pyridine rings is 1. The fourth-order valence-electron chi connectivity index (χ4n) is 1.15. The quantitative estimate of drug-likeness (QED) is 0.288. The van der Waals surface area contributed by atoms with Gasteiger partial charge in [0.05, 0.1) is 11.9 Å². The number of carbonyl (C=O) groups is 1. The summed E-state index contributed by atoms with van der Waals surface area (Å²) in [5.41, 5.74) is 3.16. The Kier molecular flexibility index (Phi) is 5.01. The van der Waals surface area contributed by atoms with Gasteiger partial charge in [-0.05, 0) is 12.1 Å². The molecule has 1 aromatic heterocycles. The second-order valence-corrected chi connectivity index (χ2v) is 5.33. The predicted molar refractivity (Wildman–Crippen MR) is 67.2 cm³/mol. The van der Waals surface area contributed by atoms with Crippen molar-refractivity contribution >= 4 is 21.6 Å². The smallest absolute Gasteiger partial charge is 0.269 e. The van der Waals surface area contributed by atoms with Crippen LogP contribution in [0.25, 0.3) is 0 Å². The minimum atomic E-state index is -3.24. The maximum atomic E-state index is 11.6. The van der Waals surface area contributed by atoms with Crippen LogP contribution in [0.5, 0.6) is 0 Å². The van der Waals surface area contributed by atoms with E-state index in [2.05, 4.69) is 20.4 Å². The molecular formula is C9H15N5O3S. The van der Waals surface area contributed by atoms with E-state index in [1.165, 1.54) is 12.3 Å². The van der Waals surface area contributed by atoms with E-state index in [-0.39, 0.29) is 18.8 Å². The van der Waals surface area contributed by atoms with Crippen molar-refractivity contribution in [2.45, 2.75) is 0 Å². The van der Waals surface area contributed by atoms with E-state index in [9.17, 15) is 13.2 Å². The van der Waals surface area contributed by atoms with Crippen molar-refractivity contribution in [2.24, 2.45) is 5.84 Å². The van der Waals surface area contributed by atoms with Crippen LogP contribution >= 0.6 is 0 Å². The van der Waals surface area contributed by atoms with Crippen molar-refractivity contribution < 1.29 is 13.2 Å². The van der Waals surface area contributed by atoms with Gasteiger partial charge in [0.1, 0.15) is 5.69 Å². The van der Waals surface area contributed by atoms with Crippen molar-refractivity contribution in [2.75, 3.05) is 24.8 Å². The standard InChI is InChI=1S/C9H15N5O3S/c1-18(16,17)13-5-4-12-9(15)8-6-7(14-10)2-3-11-8/h2-3,6,13H,4-5,10H2,1H3,(H,11,14)(H,12,15). The first kappa shape index (κ1) is 14.4. The molecule has 0 radical (unpaired) electrons. The zero-order valence-corrected chi connectivity index (χ0v) is 10.6. The summed E-state index contributed by atoms with van der Waals surface area (Å²) in [5.74, 6) is 4.80. The molecule has 0 aliphatic heterocycles. The molecule has 1 amide bonds. The van der Waals surface area contributed by atoms with Crippen molar-refractivity contribution in [3.63, 3.8) is 0 Å². The highest BCUT2D eigenvalue weighted by molar-refractivity contribution is 7.88. The molecule has 0 spiro atoms. The highest BCUT2D eigenvalue weighted by atomic mass is 32.2. The lowest BCUT2D eigenvalue weighted by Crippen LogP contribution is -2.34. The number of aromatic nitrogens is 1. The molecule has 0 bridgehead atoms. The monoisotopic (exact) mass is 273 g/mol. The average Bonchev–Trinajstić information content (AvgIpc) is 2.33. The lowest BCUT2D eigenvalue weighted by molar-refractivity contribution is 0.0949. The molecule has 1 heterocycles. The molecule has 0 aliphatic carbocycles. The number of rotatable bonds is 6. The van der Waals surface area contributed by atoms with Gasteiger partial charge < -0.3 is 10.7 Å². The first-order chi connectivity index (χ1) is 8.42. The molecule has 1 rings (SSSR count). The van der Waals surface area contributed by atoms with Gasteiger partial charge in [0, 0.05) is 19.3 Å². The number of anilines is 1. The van der Waals surface area contributed by atoms with Crippen molar-refractivity contribution in [1.82, 2.24) is 15.0 Å². The number of amides is 1. The van der Waals surface area contributed by atoms with Crippen molar-refractivity contribution in [3.05, 3.63) is 24.0 Å². The molecule has 0 saturated carbocycles. The fraction of sp³-hybridized carbons (Fsp3) is 0.333. The molecule has 0 aliphatic rings. The van der Waals surface area contributed by atoms with Crippen LogP contribution in [0.3, 0.4) is 0 Å². The van der Waals surface area contributed by atoms with Crippen LogP contribution < -0.4 is 21.3 Å². The minimum absolute atomic E-state index is 0.124. The Morgan fingerprint density at radius 2 is 2.17 bits per heavy atom. The molecule has 0 unspecified atom stereocenters. The normalized spacial score (nSPS) is 11.0. The highest BCUT2D eigenvalue weighted by Crippen LogP contribution is 2.05. The van der Waals surface area contributed by atoms with Gasteiger partial charge in [0.15, 0.2) is 0 Å². The van der Waals surface area contributed by atoms with E-state index < -0.39 is 15.9 Å². The van der Waals surface area contributed by atoms with E-state index in [4.69, 9.17) is 5.84 Å². The molecule has 0 saturated heterocycles. The number of sulfonamides is 1. The summed E-state index contributed by atoms with van der Waals surface area (Å²) < 4.78 is 23.8. The zero-order chi connectivity index (χ0) is 13.6. The summed E-state index contributed by atoms with van der Waals surface area (Å²) in [4.78, 5) is 15.5. The van der Waals surface area contributed by atoms with Gasteiger partial charge in [0.2, 0.25) is 10.0 Å². The van der Waals surface area contributed by atoms with E-state index in [1.807, 2.05) is 0 Å². The van der Waals surface area contributed by atoms with Crippen LogP contribution in [-0.2, 0) is 10.0 Å². The Morgan fingerprint density at radius 3 is 2.78 bits per heavy atom. The molecule has 0 fully saturated rings. The third kappa shape index (κ3) is 5.08. The molecule has 8 nitrogen and oxygen atoms in total. The summed E-state index contributed by atoms with van der Waals surface area (Å²) >= 11 is 0. The number of nitrogens with zero attached hydrogens (tertiary/aromatic N) is 1. The lowest BCUT2D eigenvalue weighted by atomic mass is 10.3. The van der Waals surface area contributed by atoms with Crippen LogP contribution in [0.1, 0.15) is 10.5 Å². The van der Waals surface area contributed by atoms with Gasteiger partial charge in [-0.15, -0.1) is 0 Å². The zero-order valence-electron chi connectivity index (χ0n) is 9.80. The summed E-state index contributed by atoms with van der Waals surface area (Å²) in [5, 5.41) is 2.53. The van der Waals surface area contributed by atoms with Crippen LogP contribution in [0.2, 0.25) is 0 Å². The predicted octanol–water partition coefficient (Wildman–Crippen LogP) is -1.35.